The number of alkyl halides is 1. The normalized spacial score (nSPS) is 12.2. The van der Waals surface area contributed by atoms with Gasteiger partial charge in [-0.2, -0.15) is 0 Å². The first-order valence-electron chi connectivity index (χ1n) is 5.93. The van der Waals surface area contributed by atoms with Gasteiger partial charge in [0, 0.05) is 19.0 Å². The van der Waals surface area contributed by atoms with Crippen LogP contribution >= 0.6 is 11.6 Å². The molecular formula is C14H20ClNO. The van der Waals surface area contributed by atoms with Gasteiger partial charge in [-0.15, -0.1) is 11.6 Å². The first-order valence-corrected chi connectivity index (χ1v) is 6.37. The van der Waals surface area contributed by atoms with Crippen LogP contribution in [0.25, 0.3) is 0 Å². The minimum atomic E-state index is 0.115. The van der Waals surface area contributed by atoms with Crippen LogP contribution < -0.4 is 0 Å². The molecule has 2 nitrogen and oxygen atoms in total. The highest BCUT2D eigenvalue weighted by atomic mass is 35.5. The molecule has 1 aromatic rings. The Hall–Kier alpha value is -1.02. The molecule has 0 aliphatic heterocycles. The van der Waals surface area contributed by atoms with Crippen LogP contribution in [0.15, 0.2) is 24.3 Å². The minimum absolute atomic E-state index is 0.115. The second-order valence-electron chi connectivity index (χ2n) is 4.49. The molecule has 1 amide bonds. The van der Waals surface area contributed by atoms with Gasteiger partial charge in [-0.05, 0) is 31.4 Å². The Labute approximate surface area is 109 Å². The Morgan fingerprint density at radius 2 is 2.06 bits per heavy atom. The zero-order chi connectivity index (χ0) is 12.8. The van der Waals surface area contributed by atoms with Crippen molar-refractivity contribution in [3.8, 4) is 0 Å². The van der Waals surface area contributed by atoms with Crippen molar-refractivity contribution < 1.29 is 4.79 Å². The summed E-state index contributed by atoms with van der Waals surface area (Å²) in [6.07, 6.45) is 1.30. The van der Waals surface area contributed by atoms with E-state index in [0.717, 1.165) is 18.5 Å². The summed E-state index contributed by atoms with van der Waals surface area (Å²) in [7, 11) is 1.83. The van der Waals surface area contributed by atoms with Gasteiger partial charge < -0.3 is 4.90 Å². The van der Waals surface area contributed by atoms with E-state index in [1.165, 1.54) is 5.56 Å². The second kappa shape index (κ2) is 6.65. The largest absolute Gasteiger partial charge is 0.345 e. The maximum Gasteiger partial charge on any atom is 0.226 e. The second-order valence-corrected chi connectivity index (χ2v) is 5.23. The number of halogens is 1. The maximum absolute atomic E-state index is 12.0. The molecule has 1 atom stereocenters. The summed E-state index contributed by atoms with van der Waals surface area (Å²) in [4.78, 5) is 13.7. The van der Waals surface area contributed by atoms with Crippen LogP contribution in [0, 0.1) is 6.92 Å². The molecule has 0 saturated heterocycles. The first kappa shape index (κ1) is 14.0. The van der Waals surface area contributed by atoms with E-state index in [1.807, 2.05) is 45.2 Å². The lowest BCUT2D eigenvalue weighted by atomic mass is 10.1. The van der Waals surface area contributed by atoms with Crippen molar-refractivity contribution in [2.45, 2.75) is 32.1 Å². The van der Waals surface area contributed by atoms with Crippen LogP contribution in [0.2, 0.25) is 0 Å². The Kier molecular flexibility index (Phi) is 5.49. The summed E-state index contributed by atoms with van der Waals surface area (Å²) in [5, 5.41) is 0.115. The molecule has 0 heterocycles. The summed E-state index contributed by atoms with van der Waals surface area (Å²) in [5.74, 6) is 0.150. The van der Waals surface area contributed by atoms with E-state index >= 15 is 0 Å². The van der Waals surface area contributed by atoms with Crippen molar-refractivity contribution in [1.29, 1.82) is 0 Å². The quantitative estimate of drug-likeness (QED) is 0.739. The smallest absolute Gasteiger partial charge is 0.226 e. The standard InChI is InChI=1S/C14H20ClNO/c1-11-6-4-5-7-13(11)10-14(17)16(3)9-8-12(2)15/h4-7,12H,8-10H2,1-3H3. The highest BCUT2D eigenvalue weighted by Crippen LogP contribution is 2.09. The third-order valence-corrected chi connectivity index (χ3v) is 3.11. The number of aryl methyl sites for hydroxylation is 1. The molecule has 0 spiro atoms. The van der Waals surface area contributed by atoms with Crippen molar-refractivity contribution in [2.24, 2.45) is 0 Å². The summed E-state index contributed by atoms with van der Waals surface area (Å²) in [6, 6.07) is 7.99. The van der Waals surface area contributed by atoms with Gasteiger partial charge in [-0.1, -0.05) is 24.3 Å². The fraction of sp³-hybridized carbons (Fsp3) is 0.500. The highest BCUT2D eigenvalue weighted by molar-refractivity contribution is 6.20. The van der Waals surface area contributed by atoms with Gasteiger partial charge in [-0.3, -0.25) is 4.79 Å². The van der Waals surface area contributed by atoms with Crippen molar-refractivity contribution in [2.75, 3.05) is 13.6 Å². The van der Waals surface area contributed by atoms with Gasteiger partial charge in [-0.25, -0.2) is 0 Å². The number of nitrogens with zero attached hydrogens (tertiary/aromatic N) is 1. The summed E-state index contributed by atoms with van der Waals surface area (Å²) < 4.78 is 0. The summed E-state index contributed by atoms with van der Waals surface area (Å²) >= 11 is 5.87. The molecule has 0 bridgehead atoms. The average molecular weight is 254 g/mol. The SMILES string of the molecule is Cc1ccccc1CC(=O)N(C)CCC(C)Cl. The number of carbonyl (C=O) groups excluding carboxylic acids is 1. The van der Waals surface area contributed by atoms with Crippen molar-refractivity contribution in [3.05, 3.63) is 35.4 Å². The monoisotopic (exact) mass is 253 g/mol. The molecule has 1 aromatic carbocycles. The summed E-state index contributed by atoms with van der Waals surface area (Å²) in [5.41, 5.74) is 2.27. The van der Waals surface area contributed by atoms with E-state index < -0.39 is 0 Å². The van der Waals surface area contributed by atoms with E-state index in [-0.39, 0.29) is 11.3 Å². The van der Waals surface area contributed by atoms with Gasteiger partial charge in [0.1, 0.15) is 0 Å². The molecule has 1 rings (SSSR count). The molecule has 0 fully saturated rings. The van der Waals surface area contributed by atoms with Crippen molar-refractivity contribution in [1.82, 2.24) is 4.90 Å². The van der Waals surface area contributed by atoms with Gasteiger partial charge in [0.2, 0.25) is 5.91 Å². The zero-order valence-electron chi connectivity index (χ0n) is 10.7. The van der Waals surface area contributed by atoms with Crippen LogP contribution in [-0.4, -0.2) is 29.8 Å². The van der Waals surface area contributed by atoms with Crippen LogP contribution in [0.4, 0.5) is 0 Å². The minimum Gasteiger partial charge on any atom is -0.345 e. The fourth-order valence-corrected chi connectivity index (χ4v) is 1.70. The number of rotatable bonds is 5. The molecule has 0 aliphatic rings. The number of benzene rings is 1. The van der Waals surface area contributed by atoms with Crippen LogP contribution in [0.3, 0.4) is 0 Å². The lowest BCUT2D eigenvalue weighted by molar-refractivity contribution is -0.129. The van der Waals surface area contributed by atoms with Crippen molar-refractivity contribution in [3.63, 3.8) is 0 Å². The molecule has 0 radical (unpaired) electrons. The number of likely N-dealkylation sites (N-methyl/N-ethyl adjacent to an activating group) is 1. The van der Waals surface area contributed by atoms with E-state index in [9.17, 15) is 4.79 Å². The average Bonchev–Trinajstić information content (AvgIpc) is 2.28. The number of hydrogen-bond acceptors (Lipinski definition) is 1. The van der Waals surface area contributed by atoms with Gasteiger partial charge >= 0.3 is 0 Å². The van der Waals surface area contributed by atoms with Gasteiger partial charge in [0.05, 0.1) is 6.42 Å². The molecule has 17 heavy (non-hydrogen) atoms. The van der Waals surface area contributed by atoms with E-state index in [2.05, 4.69) is 0 Å². The third-order valence-electron chi connectivity index (χ3n) is 2.89. The number of hydrogen-bond donors (Lipinski definition) is 0. The molecule has 94 valence electrons. The number of amides is 1. The fourth-order valence-electron chi connectivity index (χ4n) is 1.60. The Bertz CT molecular complexity index is 376. The number of carbonyl (C=O) groups is 1. The lowest BCUT2D eigenvalue weighted by Gasteiger charge is -2.18. The van der Waals surface area contributed by atoms with Crippen molar-refractivity contribution >= 4 is 17.5 Å². The van der Waals surface area contributed by atoms with Crippen LogP contribution in [0.1, 0.15) is 24.5 Å². The lowest BCUT2D eigenvalue weighted by Crippen LogP contribution is -2.30. The van der Waals surface area contributed by atoms with E-state index in [4.69, 9.17) is 11.6 Å². The third kappa shape index (κ3) is 4.78. The Morgan fingerprint density at radius 3 is 2.65 bits per heavy atom. The molecule has 3 heteroatoms. The first-order chi connectivity index (χ1) is 8.00. The van der Waals surface area contributed by atoms with E-state index in [1.54, 1.807) is 4.90 Å². The van der Waals surface area contributed by atoms with Crippen LogP contribution in [0.5, 0.6) is 0 Å². The van der Waals surface area contributed by atoms with Gasteiger partial charge in [0.15, 0.2) is 0 Å². The highest BCUT2D eigenvalue weighted by Gasteiger charge is 2.11. The Morgan fingerprint density at radius 1 is 1.41 bits per heavy atom. The molecular weight excluding hydrogens is 234 g/mol. The predicted octanol–water partition coefficient (Wildman–Crippen LogP) is 3.01. The molecule has 0 N–H and O–H groups in total. The van der Waals surface area contributed by atoms with Crippen LogP contribution in [-0.2, 0) is 11.2 Å². The zero-order valence-corrected chi connectivity index (χ0v) is 11.5. The predicted molar refractivity (Wildman–Crippen MR) is 72.5 cm³/mol. The molecule has 0 aromatic heterocycles. The Balaban J connectivity index is 2.52. The topological polar surface area (TPSA) is 20.3 Å². The summed E-state index contributed by atoms with van der Waals surface area (Å²) in [6.45, 7) is 4.69. The maximum atomic E-state index is 12.0. The molecule has 0 saturated carbocycles. The van der Waals surface area contributed by atoms with E-state index in [0.29, 0.717) is 6.42 Å². The molecule has 0 aliphatic carbocycles. The molecule has 1 unspecified atom stereocenters. The van der Waals surface area contributed by atoms with Gasteiger partial charge in [0.25, 0.3) is 0 Å².